The molecule has 1 unspecified atom stereocenters. The molecule has 4 rings (SSSR count). The first-order valence-corrected chi connectivity index (χ1v) is 10.9. The van der Waals surface area contributed by atoms with E-state index in [1.807, 2.05) is 0 Å². The van der Waals surface area contributed by atoms with Crippen LogP contribution in [0.15, 0.2) is 33.6 Å². The quantitative estimate of drug-likeness (QED) is 0.660. The van der Waals surface area contributed by atoms with Gasteiger partial charge in [0.2, 0.25) is 0 Å². The lowest BCUT2D eigenvalue weighted by molar-refractivity contribution is -0.140. The number of aromatic nitrogens is 2. The van der Waals surface area contributed by atoms with Crippen LogP contribution in [-0.4, -0.2) is 70.6 Å². The SMILES string of the molecule is CC(C)(C)OC(=O)OC1CCN(C(=O)C2CN(c3ccc(-c4noc(=O)[nH]4)cc3)C(=O)O2)CC1. The Morgan fingerprint density at radius 3 is 2.38 bits per heavy atom. The van der Waals surface area contributed by atoms with Gasteiger partial charge in [-0.1, -0.05) is 5.16 Å². The van der Waals surface area contributed by atoms with Crippen molar-refractivity contribution in [3.63, 3.8) is 0 Å². The number of anilines is 1. The van der Waals surface area contributed by atoms with Crippen LogP contribution in [0.2, 0.25) is 0 Å². The molecule has 12 nitrogen and oxygen atoms in total. The summed E-state index contributed by atoms with van der Waals surface area (Å²) in [5.74, 6) is -0.681. The van der Waals surface area contributed by atoms with Crippen molar-refractivity contribution in [2.24, 2.45) is 0 Å². The minimum absolute atomic E-state index is 0.0755. The van der Waals surface area contributed by atoms with Crippen LogP contribution in [0.1, 0.15) is 33.6 Å². The van der Waals surface area contributed by atoms with Gasteiger partial charge in [-0.25, -0.2) is 14.4 Å². The lowest BCUT2D eigenvalue weighted by Gasteiger charge is -2.32. The first-order valence-electron chi connectivity index (χ1n) is 10.9. The van der Waals surface area contributed by atoms with Gasteiger partial charge < -0.3 is 19.1 Å². The second-order valence-electron chi connectivity index (χ2n) is 9.08. The molecule has 12 heteroatoms. The van der Waals surface area contributed by atoms with E-state index in [0.29, 0.717) is 37.2 Å². The zero-order chi connectivity index (χ0) is 24.5. The maximum Gasteiger partial charge on any atom is 0.509 e. The third-order valence-electron chi connectivity index (χ3n) is 5.39. The highest BCUT2D eigenvalue weighted by atomic mass is 16.7. The van der Waals surface area contributed by atoms with Crippen LogP contribution in [-0.2, 0) is 19.0 Å². The summed E-state index contributed by atoms with van der Waals surface area (Å²) in [5, 5.41) is 3.62. The van der Waals surface area contributed by atoms with E-state index in [4.69, 9.17) is 14.2 Å². The van der Waals surface area contributed by atoms with Crippen LogP contribution in [0.3, 0.4) is 0 Å². The number of hydrogen-bond donors (Lipinski definition) is 1. The summed E-state index contributed by atoms with van der Waals surface area (Å²) >= 11 is 0. The molecule has 34 heavy (non-hydrogen) atoms. The van der Waals surface area contributed by atoms with Gasteiger partial charge in [-0.15, -0.1) is 0 Å². The van der Waals surface area contributed by atoms with Gasteiger partial charge in [0, 0.05) is 37.2 Å². The molecular weight excluding hydrogens is 448 g/mol. The topological polar surface area (TPSA) is 144 Å². The lowest BCUT2D eigenvalue weighted by Crippen LogP contribution is -2.47. The molecule has 0 bridgehead atoms. The number of likely N-dealkylation sites (tertiary alicyclic amines) is 1. The number of nitrogens with one attached hydrogen (secondary N) is 1. The molecule has 0 saturated carbocycles. The maximum atomic E-state index is 12.9. The Morgan fingerprint density at radius 1 is 1.12 bits per heavy atom. The molecule has 1 aromatic carbocycles. The number of carbonyl (C=O) groups is 3. The van der Waals surface area contributed by atoms with Crippen LogP contribution in [0.25, 0.3) is 11.4 Å². The Labute approximate surface area is 194 Å². The van der Waals surface area contributed by atoms with Crippen LogP contribution in [0.4, 0.5) is 15.3 Å². The molecule has 2 fully saturated rings. The van der Waals surface area contributed by atoms with Gasteiger partial charge in [0.25, 0.3) is 5.91 Å². The van der Waals surface area contributed by atoms with E-state index in [-0.39, 0.29) is 24.4 Å². The van der Waals surface area contributed by atoms with Gasteiger partial charge in [0.1, 0.15) is 11.7 Å². The largest absolute Gasteiger partial charge is 0.509 e. The summed E-state index contributed by atoms with van der Waals surface area (Å²) in [6.07, 6.45) is -1.66. The summed E-state index contributed by atoms with van der Waals surface area (Å²) in [6.45, 7) is 6.11. The number of hydrogen-bond acceptors (Lipinski definition) is 9. The predicted octanol–water partition coefficient (Wildman–Crippen LogP) is 2.30. The molecule has 1 N–H and O–H groups in total. The van der Waals surface area contributed by atoms with Gasteiger partial charge in [-0.3, -0.25) is 19.2 Å². The zero-order valence-corrected chi connectivity index (χ0v) is 19.1. The molecule has 2 aliphatic rings. The number of aromatic amines is 1. The first kappa shape index (κ1) is 23.3. The van der Waals surface area contributed by atoms with Crippen molar-refractivity contribution in [1.29, 1.82) is 0 Å². The molecule has 3 heterocycles. The molecule has 0 aliphatic carbocycles. The van der Waals surface area contributed by atoms with E-state index < -0.39 is 29.7 Å². The Balaban J connectivity index is 1.30. The van der Waals surface area contributed by atoms with E-state index in [9.17, 15) is 19.2 Å². The van der Waals surface area contributed by atoms with Gasteiger partial charge in [-0.05, 0) is 45.0 Å². The van der Waals surface area contributed by atoms with Crippen LogP contribution in [0, 0.1) is 0 Å². The lowest BCUT2D eigenvalue weighted by atomic mass is 10.1. The van der Waals surface area contributed by atoms with Crippen molar-refractivity contribution in [2.45, 2.75) is 51.4 Å². The molecular formula is C22H26N4O8. The average Bonchev–Trinajstić information content (AvgIpc) is 3.38. The van der Waals surface area contributed by atoms with Crippen LogP contribution in [0.5, 0.6) is 0 Å². The Kier molecular flexibility index (Phi) is 6.31. The van der Waals surface area contributed by atoms with Crippen LogP contribution < -0.4 is 10.7 Å². The Hall–Kier alpha value is -3.83. The van der Waals surface area contributed by atoms with Crippen molar-refractivity contribution in [3.8, 4) is 11.4 Å². The number of carbonyl (C=O) groups excluding carboxylic acids is 3. The van der Waals surface area contributed by atoms with Crippen molar-refractivity contribution < 1.29 is 33.1 Å². The summed E-state index contributed by atoms with van der Waals surface area (Å²) in [6, 6.07) is 6.66. The summed E-state index contributed by atoms with van der Waals surface area (Å²) in [5.41, 5.74) is 0.507. The molecule has 2 saturated heterocycles. The fraction of sp³-hybridized carbons (Fsp3) is 0.500. The molecule has 1 aromatic heterocycles. The van der Waals surface area contributed by atoms with E-state index >= 15 is 0 Å². The first-order chi connectivity index (χ1) is 16.1. The summed E-state index contributed by atoms with van der Waals surface area (Å²) < 4.78 is 20.3. The standard InChI is InChI=1S/C22H26N4O8/c1-22(2,3)33-21(30)31-15-8-10-25(11-9-15)18(27)16-12-26(20(29)32-16)14-6-4-13(5-7-14)17-23-19(28)34-24-17/h4-7,15-16H,8-12H2,1-3H3,(H,23,24,28). The Bertz CT molecular complexity index is 1110. The number of rotatable bonds is 4. The maximum absolute atomic E-state index is 12.9. The van der Waals surface area contributed by atoms with Crippen molar-refractivity contribution in [2.75, 3.05) is 24.5 Å². The molecule has 182 valence electrons. The molecule has 2 amide bonds. The molecule has 2 aromatic rings. The number of ether oxygens (including phenoxy) is 3. The molecule has 1 atom stereocenters. The fourth-order valence-electron chi connectivity index (χ4n) is 3.76. The summed E-state index contributed by atoms with van der Waals surface area (Å²) in [7, 11) is 0. The smallest absolute Gasteiger partial charge is 0.434 e. The van der Waals surface area contributed by atoms with E-state index in [2.05, 4.69) is 14.7 Å². The number of cyclic esters (lactones) is 1. The number of nitrogens with zero attached hydrogens (tertiary/aromatic N) is 3. The second kappa shape index (κ2) is 9.20. The minimum atomic E-state index is -0.928. The highest BCUT2D eigenvalue weighted by Crippen LogP contribution is 2.26. The highest BCUT2D eigenvalue weighted by molar-refractivity contribution is 5.95. The third kappa shape index (κ3) is 5.38. The van der Waals surface area contributed by atoms with Crippen LogP contribution >= 0.6 is 0 Å². The number of H-pyrrole nitrogens is 1. The number of amides is 2. The average molecular weight is 474 g/mol. The van der Waals surface area contributed by atoms with Crippen molar-refractivity contribution >= 4 is 23.8 Å². The van der Waals surface area contributed by atoms with Gasteiger partial charge in [0.15, 0.2) is 11.9 Å². The van der Waals surface area contributed by atoms with Gasteiger partial charge >= 0.3 is 18.0 Å². The second-order valence-corrected chi connectivity index (χ2v) is 9.08. The normalized spacial score (nSPS) is 19.1. The Morgan fingerprint density at radius 2 is 1.79 bits per heavy atom. The van der Waals surface area contributed by atoms with Crippen molar-refractivity contribution in [1.82, 2.24) is 15.0 Å². The fourth-order valence-corrected chi connectivity index (χ4v) is 3.76. The van der Waals surface area contributed by atoms with Crippen molar-refractivity contribution in [3.05, 3.63) is 34.8 Å². The zero-order valence-electron chi connectivity index (χ0n) is 19.1. The molecule has 0 spiro atoms. The summed E-state index contributed by atoms with van der Waals surface area (Å²) in [4.78, 5) is 53.7. The predicted molar refractivity (Wildman–Crippen MR) is 117 cm³/mol. The third-order valence-corrected chi connectivity index (χ3v) is 5.39. The minimum Gasteiger partial charge on any atom is -0.434 e. The van der Waals surface area contributed by atoms with E-state index in [1.165, 1.54) is 4.90 Å². The number of benzene rings is 1. The molecule has 2 aliphatic heterocycles. The van der Waals surface area contributed by atoms with Gasteiger partial charge in [-0.2, -0.15) is 0 Å². The van der Waals surface area contributed by atoms with Gasteiger partial charge in [0.05, 0.1) is 6.54 Å². The van der Waals surface area contributed by atoms with E-state index in [0.717, 1.165) is 0 Å². The van der Waals surface area contributed by atoms with E-state index in [1.54, 1.807) is 49.9 Å². The number of piperidine rings is 1. The highest BCUT2D eigenvalue weighted by Gasteiger charge is 2.40. The monoisotopic (exact) mass is 474 g/mol. The molecule has 0 radical (unpaired) electrons.